The van der Waals surface area contributed by atoms with Gasteiger partial charge in [-0.15, -0.1) is 0 Å². The largest absolute Gasteiger partial charge is 0.347 e. The highest BCUT2D eigenvalue weighted by atomic mass is 79.9. The Kier molecular flexibility index (Phi) is 7.33. The zero-order chi connectivity index (χ0) is 18.2. The van der Waals surface area contributed by atoms with Crippen molar-refractivity contribution in [3.8, 4) is 0 Å². The first-order valence-electron chi connectivity index (χ1n) is 7.55. The molecule has 0 bridgehead atoms. The van der Waals surface area contributed by atoms with Gasteiger partial charge in [-0.1, -0.05) is 40.2 Å². The van der Waals surface area contributed by atoms with E-state index in [0.29, 0.717) is 11.3 Å². The Morgan fingerprint density at radius 2 is 1.52 bits per heavy atom. The molecule has 2 N–H and O–H groups in total. The molecule has 0 radical (unpaired) electrons. The Labute approximate surface area is 162 Å². The molecule has 2 rings (SSSR count). The van der Waals surface area contributed by atoms with Gasteiger partial charge in [0.05, 0.1) is 12.2 Å². The van der Waals surface area contributed by atoms with Gasteiger partial charge in [0.15, 0.2) is 5.78 Å². The van der Waals surface area contributed by atoms with Crippen molar-refractivity contribution in [2.75, 3.05) is 11.9 Å². The number of carbonyl (C=O) groups is 3. The van der Waals surface area contributed by atoms with Crippen LogP contribution in [0.2, 0.25) is 0 Å². The van der Waals surface area contributed by atoms with E-state index in [2.05, 4.69) is 42.5 Å². The smallest absolute Gasteiger partial charge is 0.243 e. The third-order valence-electron chi connectivity index (χ3n) is 3.34. The minimum absolute atomic E-state index is 0.0389. The van der Waals surface area contributed by atoms with Gasteiger partial charge in [0.1, 0.15) is 0 Å². The summed E-state index contributed by atoms with van der Waals surface area (Å²) < 4.78 is 1.65. The van der Waals surface area contributed by atoms with Gasteiger partial charge in [0.25, 0.3) is 0 Å². The second kappa shape index (κ2) is 9.48. The average Bonchev–Trinajstić information content (AvgIpc) is 2.60. The second-order valence-corrected chi connectivity index (χ2v) is 7.00. The fraction of sp³-hybridized carbons (Fsp3) is 0.167. The van der Waals surface area contributed by atoms with Crippen LogP contribution in [0.1, 0.15) is 23.2 Å². The predicted molar refractivity (Wildman–Crippen MR) is 103 cm³/mol. The summed E-state index contributed by atoms with van der Waals surface area (Å²) in [5.74, 6) is -0.785. The number of hydrogen-bond acceptors (Lipinski definition) is 3. The zero-order valence-electron chi connectivity index (χ0n) is 13.2. The first-order valence-corrected chi connectivity index (χ1v) is 9.14. The van der Waals surface area contributed by atoms with Gasteiger partial charge in [-0.3, -0.25) is 14.4 Å². The van der Waals surface area contributed by atoms with Crippen LogP contribution >= 0.6 is 31.9 Å². The van der Waals surface area contributed by atoms with Crippen LogP contribution in [0.4, 0.5) is 5.69 Å². The van der Waals surface area contributed by atoms with Crippen LogP contribution in [-0.4, -0.2) is 24.1 Å². The van der Waals surface area contributed by atoms with Crippen molar-refractivity contribution in [2.45, 2.75) is 12.8 Å². The molecule has 7 heteroatoms. The van der Waals surface area contributed by atoms with Crippen molar-refractivity contribution < 1.29 is 14.4 Å². The molecular formula is C18H16Br2N2O3. The number of rotatable bonds is 7. The highest BCUT2D eigenvalue weighted by Gasteiger charge is 2.11. The van der Waals surface area contributed by atoms with Crippen molar-refractivity contribution in [3.05, 3.63) is 63.0 Å². The maximum absolute atomic E-state index is 12.0. The molecule has 0 aliphatic heterocycles. The molecule has 0 heterocycles. The van der Waals surface area contributed by atoms with Crippen molar-refractivity contribution >= 4 is 55.1 Å². The van der Waals surface area contributed by atoms with Crippen molar-refractivity contribution in [1.29, 1.82) is 0 Å². The van der Waals surface area contributed by atoms with Gasteiger partial charge in [-0.2, -0.15) is 0 Å². The predicted octanol–water partition coefficient (Wildman–Crippen LogP) is 3.93. The third-order valence-corrected chi connectivity index (χ3v) is 4.56. The second-order valence-electron chi connectivity index (χ2n) is 5.23. The standard InChI is InChI=1S/C18H16Br2N2O3/c19-13-7-5-12(6-8-13)16(23)9-10-17(24)21-11-18(25)22-15-4-2-1-3-14(15)20/h1-8H,9-11H2,(H,21,24)(H,22,25). The van der Waals surface area contributed by atoms with Gasteiger partial charge < -0.3 is 10.6 Å². The first kappa shape index (κ1) is 19.3. The molecular weight excluding hydrogens is 452 g/mol. The molecule has 25 heavy (non-hydrogen) atoms. The molecule has 130 valence electrons. The number of hydrogen-bond donors (Lipinski definition) is 2. The lowest BCUT2D eigenvalue weighted by Gasteiger charge is -2.08. The Morgan fingerprint density at radius 3 is 2.20 bits per heavy atom. The summed E-state index contributed by atoms with van der Waals surface area (Å²) in [6.07, 6.45) is 0.135. The SMILES string of the molecule is O=C(CCC(=O)c1ccc(Br)cc1)NCC(=O)Nc1ccccc1Br. The van der Waals surface area contributed by atoms with E-state index in [-0.39, 0.29) is 37.0 Å². The first-order chi connectivity index (χ1) is 12.0. The van der Waals surface area contributed by atoms with E-state index < -0.39 is 0 Å². The van der Waals surface area contributed by atoms with Gasteiger partial charge in [-0.05, 0) is 40.2 Å². The molecule has 5 nitrogen and oxygen atoms in total. The van der Waals surface area contributed by atoms with E-state index in [1.165, 1.54) is 0 Å². The van der Waals surface area contributed by atoms with E-state index in [1.54, 1.807) is 36.4 Å². The van der Waals surface area contributed by atoms with E-state index in [1.807, 2.05) is 12.1 Å². The Morgan fingerprint density at radius 1 is 0.840 bits per heavy atom. The average molecular weight is 468 g/mol. The number of para-hydroxylation sites is 1. The number of ketones is 1. The van der Waals surface area contributed by atoms with Crippen LogP contribution in [0.3, 0.4) is 0 Å². The lowest BCUT2D eigenvalue weighted by Crippen LogP contribution is -2.33. The normalized spacial score (nSPS) is 10.2. The van der Waals surface area contributed by atoms with Crippen molar-refractivity contribution in [3.63, 3.8) is 0 Å². The molecule has 0 aliphatic rings. The number of halogens is 2. The lowest BCUT2D eigenvalue weighted by atomic mass is 10.1. The van der Waals surface area contributed by atoms with E-state index in [0.717, 1.165) is 8.95 Å². The molecule has 0 unspecified atom stereocenters. The fourth-order valence-electron chi connectivity index (χ4n) is 2.03. The number of nitrogens with one attached hydrogen (secondary N) is 2. The molecule has 0 saturated carbocycles. The Bertz CT molecular complexity index is 776. The van der Waals surface area contributed by atoms with Gasteiger partial charge in [0.2, 0.25) is 11.8 Å². The lowest BCUT2D eigenvalue weighted by molar-refractivity contribution is -0.124. The number of benzene rings is 2. The third kappa shape index (κ3) is 6.43. The minimum atomic E-state index is -0.340. The summed E-state index contributed by atoms with van der Waals surface area (Å²) in [5.41, 5.74) is 1.19. The monoisotopic (exact) mass is 466 g/mol. The molecule has 0 saturated heterocycles. The summed E-state index contributed by atoms with van der Waals surface area (Å²) in [5, 5.41) is 5.20. The minimum Gasteiger partial charge on any atom is -0.347 e. The summed E-state index contributed by atoms with van der Waals surface area (Å²) in [7, 11) is 0. The van der Waals surface area contributed by atoms with Gasteiger partial charge >= 0.3 is 0 Å². The molecule has 0 atom stereocenters. The number of carbonyl (C=O) groups excluding carboxylic acids is 3. The van der Waals surface area contributed by atoms with Crippen molar-refractivity contribution in [2.24, 2.45) is 0 Å². The summed E-state index contributed by atoms with van der Waals surface area (Å²) in [4.78, 5) is 35.6. The molecule has 2 aromatic carbocycles. The van der Waals surface area contributed by atoms with Gasteiger partial charge in [-0.25, -0.2) is 0 Å². The topological polar surface area (TPSA) is 75.3 Å². The number of amides is 2. The fourth-order valence-corrected chi connectivity index (χ4v) is 2.68. The van der Waals surface area contributed by atoms with E-state index >= 15 is 0 Å². The quantitative estimate of drug-likeness (QED) is 0.605. The van der Waals surface area contributed by atoms with Crippen LogP contribution in [0, 0.1) is 0 Å². The van der Waals surface area contributed by atoms with E-state index in [4.69, 9.17) is 0 Å². The highest BCUT2D eigenvalue weighted by molar-refractivity contribution is 9.10. The molecule has 0 fully saturated rings. The molecule has 0 spiro atoms. The van der Waals surface area contributed by atoms with Crippen LogP contribution in [-0.2, 0) is 9.59 Å². The van der Waals surface area contributed by atoms with Crippen LogP contribution in [0.25, 0.3) is 0 Å². The summed E-state index contributed by atoms with van der Waals surface area (Å²) in [6, 6.07) is 14.2. The Balaban J connectivity index is 1.73. The molecule has 2 aromatic rings. The molecule has 0 aliphatic carbocycles. The summed E-state index contributed by atoms with van der Waals surface area (Å²) >= 11 is 6.63. The number of Topliss-reactive ketones (excluding diaryl/α,β-unsaturated/α-hetero) is 1. The van der Waals surface area contributed by atoms with Crippen LogP contribution in [0.15, 0.2) is 57.5 Å². The summed E-state index contributed by atoms with van der Waals surface area (Å²) in [6.45, 7) is -0.146. The van der Waals surface area contributed by atoms with Crippen molar-refractivity contribution in [1.82, 2.24) is 5.32 Å². The zero-order valence-corrected chi connectivity index (χ0v) is 16.4. The van der Waals surface area contributed by atoms with Gasteiger partial charge in [0, 0.05) is 27.4 Å². The van der Waals surface area contributed by atoms with Crippen LogP contribution < -0.4 is 10.6 Å². The van der Waals surface area contributed by atoms with Crippen LogP contribution in [0.5, 0.6) is 0 Å². The number of anilines is 1. The maximum Gasteiger partial charge on any atom is 0.243 e. The molecule has 2 amide bonds. The van der Waals surface area contributed by atoms with E-state index in [9.17, 15) is 14.4 Å². The Hall–Kier alpha value is -1.99. The molecule has 0 aromatic heterocycles. The highest BCUT2D eigenvalue weighted by Crippen LogP contribution is 2.20. The maximum atomic E-state index is 12.0.